The lowest BCUT2D eigenvalue weighted by Gasteiger charge is -2.14. The molecule has 136 valence electrons. The maximum Gasteiger partial charge on any atom is 0.416 e. The molecule has 1 aromatic heterocycles. The van der Waals surface area contributed by atoms with Crippen LogP contribution in [0.4, 0.5) is 13.2 Å². The third-order valence-electron chi connectivity index (χ3n) is 3.74. The number of hydrogen-bond donors (Lipinski definition) is 1. The van der Waals surface area contributed by atoms with Crippen LogP contribution in [0.15, 0.2) is 48.5 Å². The molecule has 26 heavy (non-hydrogen) atoms. The highest BCUT2D eigenvalue weighted by Gasteiger charge is 2.31. The largest absolute Gasteiger partial charge is 0.416 e. The monoisotopic (exact) mass is 364 g/mol. The molecule has 0 saturated heterocycles. The van der Waals surface area contributed by atoms with Gasteiger partial charge < -0.3 is 10.2 Å². The number of nitrogens with one attached hydrogen (secondary N) is 1. The van der Waals surface area contributed by atoms with Crippen LogP contribution in [0.2, 0.25) is 0 Å². The van der Waals surface area contributed by atoms with Gasteiger partial charge in [-0.3, -0.25) is 4.79 Å². The predicted octanol–water partition coefficient (Wildman–Crippen LogP) is 2.76. The second-order valence-electron chi connectivity index (χ2n) is 5.64. The van der Waals surface area contributed by atoms with E-state index in [0.29, 0.717) is 0 Å². The van der Waals surface area contributed by atoms with Gasteiger partial charge in [-0.25, -0.2) is 0 Å². The van der Waals surface area contributed by atoms with Gasteiger partial charge in [0, 0.05) is 0 Å². The minimum atomic E-state index is -4.49. The molecule has 0 saturated carbocycles. The first kappa shape index (κ1) is 17.7. The Kier molecular flexibility index (Phi) is 4.79. The molecule has 0 bridgehead atoms. The standard InChI is InChI=1S/C17H15F3N4O2/c1-11(12-5-3-2-4-6-12)21-16(25)10-26-24-15-9-13(17(18,19)20)7-8-14(15)22-23-24/h2-9,11H,10H2,1H3,(H,21,25)/t11-/m0/s1. The molecule has 0 fully saturated rings. The van der Waals surface area contributed by atoms with Gasteiger partial charge in [0.1, 0.15) is 11.0 Å². The molecule has 2 aromatic carbocycles. The van der Waals surface area contributed by atoms with Crippen LogP contribution >= 0.6 is 0 Å². The first-order valence-electron chi connectivity index (χ1n) is 7.75. The summed E-state index contributed by atoms with van der Waals surface area (Å²) in [5.74, 6) is -0.433. The molecule has 9 heteroatoms. The van der Waals surface area contributed by atoms with E-state index in [9.17, 15) is 18.0 Å². The van der Waals surface area contributed by atoms with Crippen molar-refractivity contribution in [2.24, 2.45) is 0 Å². The maximum atomic E-state index is 12.8. The van der Waals surface area contributed by atoms with E-state index in [1.165, 1.54) is 6.07 Å². The summed E-state index contributed by atoms with van der Waals surface area (Å²) in [5.41, 5.74) is 0.334. The van der Waals surface area contributed by atoms with E-state index in [1.807, 2.05) is 37.3 Å². The van der Waals surface area contributed by atoms with Crippen molar-refractivity contribution >= 4 is 16.9 Å². The molecule has 1 N–H and O–H groups in total. The predicted molar refractivity (Wildman–Crippen MR) is 87.0 cm³/mol. The number of carbonyl (C=O) groups excluding carboxylic acids is 1. The van der Waals surface area contributed by atoms with E-state index in [1.54, 1.807) is 0 Å². The number of alkyl halides is 3. The zero-order valence-electron chi connectivity index (χ0n) is 13.7. The first-order valence-corrected chi connectivity index (χ1v) is 7.75. The Morgan fingerprint density at radius 2 is 1.96 bits per heavy atom. The van der Waals surface area contributed by atoms with Gasteiger partial charge in [0.25, 0.3) is 5.91 Å². The van der Waals surface area contributed by atoms with Gasteiger partial charge in [-0.2, -0.15) is 13.2 Å². The fourth-order valence-corrected chi connectivity index (χ4v) is 2.40. The Balaban J connectivity index is 1.66. The zero-order valence-corrected chi connectivity index (χ0v) is 13.7. The van der Waals surface area contributed by atoms with Crippen LogP contribution in [0.25, 0.3) is 11.0 Å². The van der Waals surface area contributed by atoms with Gasteiger partial charge in [0.2, 0.25) is 0 Å². The fourth-order valence-electron chi connectivity index (χ4n) is 2.40. The van der Waals surface area contributed by atoms with Crippen LogP contribution in [0.5, 0.6) is 0 Å². The quantitative estimate of drug-likeness (QED) is 0.756. The maximum absolute atomic E-state index is 12.8. The Labute approximate surface area is 146 Å². The summed E-state index contributed by atoms with van der Waals surface area (Å²) >= 11 is 0. The number of halogens is 3. The van der Waals surface area contributed by atoms with E-state index in [4.69, 9.17) is 4.84 Å². The lowest BCUT2D eigenvalue weighted by molar-refractivity contribution is -0.137. The molecule has 3 aromatic rings. The van der Waals surface area contributed by atoms with Crippen molar-refractivity contribution in [2.75, 3.05) is 6.61 Å². The van der Waals surface area contributed by atoms with Gasteiger partial charge in [-0.15, -0.1) is 5.10 Å². The van der Waals surface area contributed by atoms with Crippen LogP contribution in [0, 0.1) is 0 Å². The Morgan fingerprint density at radius 1 is 1.23 bits per heavy atom. The molecular formula is C17H15F3N4O2. The highest BCUT2D eigenvalue weighted by atomic mass is 19.4. The summed E-state index contributed by atoms with van der Waals surface area (Å²) in [6, 6.07) is 12.1. The Morgan fingerprint density at radius 3 is 2.65 bits per heavy atom. The third kappa shape index (κ3) is 3.93. The SMILES string of the molecule is C[C@H](NC(=O)COn1nnc2ccc(C(F)(F)F)cc21)c1ccccc1. The zero-order chi connectivity index (χ0) is 18.7. The van der Waals surface area contributed by atoms with Crippen molar-refractivity contribution in [1.29, 1.82) is 0 Å². The van der Waals surface area contributed by atoms with Crippen LogP contribution in [-0.4, -0.2) is 27.7 Å². The van der Waals surface area contributed by atoms with E-state index < -0.39 is 24.3 Å². The summed E-state index contributed by atoms with van der Waals surface area (Å²) in [4.78, 5) is 18.0. The molecule has 0 aliphatic heterocycles. The van der Waals surface area contributed by atoms with E-state index in [0.717, 1.165) is 22.5 Å². The van der Waals surface area contributed by atoms with Crippen LogP contribution in [-0.2, 0) is 11.0 Å². The minimum Gasteiger partial charge on any atom is -0.385 e. The van der Waals surface area contributed by atoms with Gasteiger partial charge in [-0.05, 0) is 35.9 Å². The number of hydrogen-bond acceptors (Lipinski definition) is 4. The number of benzene rings is 2. The van der Waals surface area contributed by atoms with Crippen molar-refractivity contribution in [1.82, 2.24) is 20.5 Å². The average molecular weight is 364 g/mol. The topological polar surface area (TPSA) is 69.0 Å². The molecule has 0 unspecified atom stereocenters. The molecule has 0 spiro atoms. The lowest BCUT2D eigenvalue weighted by atomic mass is 10.1. The molecule has 1 heterocycles. The summed E-state index contributed by atoms with van der Waals surface area (Å²) in [6.45, 7) is 1.40. The van der Waals surface area contributed by atoms with Gasteiger partial charge >= 0.3 is 6.18 Å². The third-order valence-corrected chi connectivity index (χ3v) is 3.74. The summed E-state index contributed by atoms with van der Waals surface area (Å²) < 4.78 is 38.5. The lowest BCUT2D eigenvalue weighted by Crippen LogP contribution is -2.33. The highest BCUT2D eigenvalue weighted by Crippen LogP contribution is 2.30. The van der Waals surface area contributed by atoms with Gasteiger partial charge in [0.05, 0.1) is 11.6 Å². The van der Waals surface area contributed by atoms with E-state index in [2.05, 4.69) is 15.6 Å². The number of rotatable bonds is 5. The first-order chi connectivity index (χ1) is 12.3. The van der Waals surface area contributed by atoms with E-state index in [-0.39, 0.29) is 17.1 Å². The van der Waals surface area contributed by atoms with Crippen LogP contribution in [0.1, 0.15) is 24.1 Å². The summed E-state index contributed by atoms with van der Waals surface area (Å²) in [5, 5.41) is 10.1. The molecule has 1 amide bonds. The molecule has 0 aliphatic carbocycles. The van der Waals surface area contributed by atoms with Crippen molar-refractivity contribution < 1.29 is 22.8 Å². The van der Waals surface area contributed by atoms with E-state index >= 15 is 0 Å². The molecule has 1 atom stereocenters. The van der Waals surface area contributed by atoms with Crippen molar-refractivity contribution in [3.05, 3.63) is 59.7 Å². The second-order valence-corrected chi connectivity index (χ2v) is 5.64. The molecule has 3 rings (SSSR count). The molecule has 0 aliphatic rings. The van der Waals surface area contributed by atoms with Gasteiger partial charge in [-0.1, -0.05) is 35.2 Å². The molecule has 6 nitrogen and oxygen atoms in total. The minimum absolute atomic E-state index is 0.0312. The fraction of sp³-hybridized carbons (Fsp3) is 0.235. The number of aromatic nitrogens is 3. The highest BCUT2D eigenvalue weighted by molar-refractivity contribution is 5.78. The average Bonchev–Trinajstić information content (AvgIpc) is 3.02. The number of amides is 1. The summed E-state index contributed by atoms with van der Waals surface area (Å²) in [6.07, 6.45) is -4.49. The normalized spacial score (nSPS) is 12.8. The van der Waals surface area contributed by atoms with Crippen molar-refractivity contribution in [3.8, 4) is 0 Å². The van der Waals surface area contributed by atoms with Crippen molar-refractivity contribution in [3.63, 3.8) is 0 Å². The second kappa shape index (κ2) is 7.03. The van der Waals surface area contributed by atoms with Crippen LogP contribution < -0.4 is 10.2 Å². The van der Waals surface area contributed by atoms with Crippen LogP contribution in [0.3, 0.4) is 0 Å². The summed E-state index contributed by atoms with van der Waals surface area (Å²) in [7, 11) is 0. The van der Waals surface area contributed by atoms with Gasteiger partial charge in [0.15, 0.2) is 6.61 Å². The smallest absolute Gasteiger partial charge is 0.385 e. The number of nitrogens with zero attached hydrogens (tertiary/aromatic N) is 3. The van der Waals surface area contributed by atoms with Crippen molar-refractivity contribution in [2.45, 2.75) is 19.1 Å². The number of fused-ring (bicyclic) bond motifs is 1. The molecular weight excluding hydrogens is 349 g/mol. The Hall–Kier alpha value is -3.10. The number of carbonyl (C=O) groups is 1. The molecule has 0 radical (unpaired) electrons. The Bertz CT molecular complexity index is 909.